The molecule has 2 aromatic carbocycles. The summed E-state index contributed by atoms with van der Waals surface area (Å²) in [4.78, 5) is 26.2. The Kier molecular flexibility index (Phi) is 6.47. The standard InChI is InChI=1S/C26H24INO6S/c1-33-22-14-15(13-17(27)26(22)34-35(31,32)16-7-3-2-4-8-16)23-24-18(9-5-11-20(24)29)28-19-10-6-12-21(30)25(19)23/h2-4,7-8,13-14,23,28H,5-6,9-12H2,1H3. The highest BCUT2D eigenvalue weighted by Gasteiger charge is 2.40. The molecule has 0 fully saturated rings. The molecule has 1 heterocycles. The normalized spacial score (nSPS) is 18.7. The first-order valence-electron chi connectivity index (χ1n) is 11.5. The topological polar surface area (TPSA) is 98.8 Å². The van der Waals surface area contributed by atoms with Gasteiger partial charge in [-0.3, -0.25) is 9.59 Å². The van der Waals surface area contributed by atoms with E-state index in [-0.39, 0.29) is 28.0 Å². The van der Waals surface area contributed by atoms with Gasteiger partial charge in [0.2, 0.25) is 0 Å². The molecule has 0 atom stereocenters. The second-order valence-corrected chi connectivity index (χ2v) is 11.5. The van der Waals surface area contributed by atoms with E-state index in [0.717, 1.165) is 37.1 Å². The van der Waals surface area contributed by atoms with E-state index in [1.54, 1.807) is 30.3 Å². The average Bonchev–Trinajstić information content (AvgIpc) is 2.85. The van der Waals surface area contributed by atoms with Crippen LogP contribution in [-0.2, 0) is 19.7 Å². The van der Waals surface area contributed by atoms with E-state index in [2.05, 4.69) is 5.32 Å². The minimum atomic E-state index is -4.08. The molecule has 1 N–H and O–H groups in total. The lowest BCUT2D eigenvalue weighted by Gasteiger charge is -2.37. The number of ether oxygens (including phenoxy) is 1. The Labute approximate surface area is 217 Å². The Morgan fingerprint density at radius 2 is 1.51 bits per heavy atom. The maximum absolute atomic E-state index is 13.1. The summed E-state index contributed by atoms with van der Waals surface area (Å²) in [5.41, 5.74) is 3.76. The fourth-order valence-corrected chi connectivity index (χ4v) is 6.91. The van der Waals surface area contributed by atoms with Crippen LogP contribution in [0.5, 0.6) is 11.5 Å². The van der Waals surface area contributed by atoms with Gasteiger partial charge in [-0.1, -0.05) is 18.2 Å². The highest BCUT2D eigenvalue weighted by atomic mass is 127. The summed E-state index contributed by atoms with van der Waals surface area (Å²) in [6.07, 6.45) is 3.95. The van der Waals surface area contributed by atoms with Crippen molar-refractivity contribution in [3.8, 4) is 11.5 Å². The van der Waals surface area contributed by atoms with E-state index in [9.17, 15) is 18.0 Å². The van der Waals surface area contributed by atoms with E-state index in [4.69, 9.17) is 8.92 Å². The van der Waals surface area contributed by atoms with Gasteiger partial charge in [-0.25, -0.2) is 0 Å². The zero-order chi connectivity index (χ0) is 24.7. The van der Waals surface area contributed by atoms with Gasteiger partial charge >= 0.3 is 10.1 Å². The Morgan fingerprint density at radius 1 is 0.914 bits per heavy atom. The van der Waals surface area contributed by atoms with Crippen molar-refractivity contribution in [2.75, 3.05) is 7.11 Å². The number of nitrogens with one attached hydrogen (secondary N) is 1. The number of Topliss-reactive ketones (excluding diaryl/α,β-unsaturated/α-hetero) is 2. The molecule has 0 bridgehead atoms. The van der Waals surface area contributed by atoms with Crippen LogP contribution in [0.1, 0.15) is 50.0 Å². The van der Waals surface area contributed by atoms with Crippen LogP contribution in [0.4, 0.5) is 0 Å². The quantitative estimate of drug-likeness (QED) is 0.388. The minimum absolute atomic E-state index is 0.0329. The lowest BCUT2D eigenvalue weighted by molar-refractivity contribution is -0.117. The Bertz CT molecular complexity index is 1350. The van der Waals surface area contributed by atoms with E-state index in [1.807, 2.05) is 22.6 Å². The number of ketones is 2. The molecule has 35 heavy (non-hydrogen) atoms. The number of methoxy groups -OCH3 is 1. The molecule has 182 valence electrons. The first-order chi connectivity index (χ1) is 16.8. The molecule has 0 saturated carbocycles. The van der Waals surface area contributed by atoms with Gasteiger partial charge in [-0.15, -0.1) is 0 Å². The van der Waals surface area contributed by atoms with Crippen molar-refractivity contribution in [1.29, 1.82) is 0 Å². The van der Waals surface area contributed by atoms with Crippen LogP contribution in [-0.4, -0.2) is 27.1 Å². The Morgan fingerprint density at radius 3 is 2.09 bits per heavy atom. The number of rotatable bonds is 5. The number of hydrogen-bond donors (Lipinski definition) is 1. The molecular weight excluding hydrogens is 581 g/mol. The molecule has 7 nitrogen and oxygen atoms in total. The third-order valence-electron chi connectivity index (χ3n) is 6.60. The monoisotopic (exact) mass is 605 g/mol. The predicted octanol–water partition coefficient (Wildman–Crippen LogP) is 4.77. The van der Waals surface area contributed by atoms with Gasteiger partial charge in [0.05, 0.1) is 10.7 Å². The number of halogens is 1. The van der Waals surface area contributed by atoms with Crippen molar-refractivity contribution in [2.45, 2.75) is 49.3 Å². The zero-order valence-electron chi connectivity index (χ0n) is 19.1. The van der Waals surface area contributed by atoms with Crippen molar-refractivity contribution >= 4 is 44.3 Å². The third kappa shape index (κ3) is 4.40. The molecular formula is C26H24INO6S. The van der Waals surface area contributed by atoms with Crippen LogP contribution in [0.15, 0.2) is 69.9 Å². The van der Waals surface area contributed by atoms with Crippen molar-refractivity contribution in [3.63, 3.8) is 0 Å². The molecule has 0 spiro atoms. The minimum Gasteiger partial charge on any atom is -0.493 e. The van der Waals surface area contributed by atoms with Gasteiger partial charge in [-0.05, 0) is 78.1 Å². The van der Waals surface area contributed by atoms with Crippen LogP contribution in [0.3, 0.4) is 0 Å². The van der Waals surface area contributed by atoms with Gasteiger partial charge in [0.25, 0.3) is 0 Å². The molecule has 0 radical (unpaired) electrons. The summed E-state index contributed by atoms with van der Waals surface area (Å²) in [5, 5.41) is 3.40. The zero-order valence-corrected chi connectivity index (χ0v) is 22.1. The van der Waals surface area contributed by atoms with Crippen LogP contribution in [0, 0.1) is 3.57 Å². The van der Waals surface area contributed by atoms with Crippen molar-refractivity contribution < 1.29 is 26.9 Å². The van der Waals surface area contributed by atoms with E-state index in [1.165, 1.54) is 19.2 Å². The number of carbonyl (C=O) groups excluding carboxylic acids is 2. The highest BCUT2D eigenvalue weighted by molar-refractivity contribution is 14.1. The second-order valence-electron chi connectivity index (χ2n) is 8.78. The lowest BCUT2D eigenvalue weighted by atomic mass is 9.71. The first kappa shape index (κ1) is 24.1. The summed E-state index contributed by atoms with van der Waals surface area (Å²) in [5.74, 6) is -0.142. The largest absolute Gasteiger partial charge is 0.493 e. The van der Waals surface area contributed by atoms with Crippen LogP contribution >= 0.6 is 22.6 Å². The van der Waals surface area contributed by atoms with E-state index in [0.29, 0.717) is 33.1 Å². The second kappa shape index (κ2) is 9.42. The molecule has 3 aliphatic rings. The third-order valence-corrected chi connectivity index (χ3v) is 8.64. The molecule has 5 rings (SSSR count). The van der Waals surface area contributed by atoms with E-state index >= 15 is 0 Å². The van der Waals surface area contributed by atoms with Gasteiger partial charge in [0.15, 0.2) is 23.1 Å². The van der Waals surface area contributed by atoms with Crippen molar-refractivity contribution in [3.05, 3.63) is 74.1 Å². The summed E-state index contributed by atoms with van der Waals surface area (Å²) >= 11 is 2.01. The lowest BCUT2D eigenvalue weighted by Crippen LogP contribution is -2.36. The van der Waals surface area contributed by atoms with Crippen LogP contribution in [0.2, 0.25) is 0 Å². The molecule has 0 unspecified atom stereocenters. The summed E-state index contributed by atoms with van der Waals surface area (Å²) in [7, 11) is -2.65. The molecule has 2 aliphatic carbocycles. The van der Waals surface area contributed by atoms with Gasteiger partial charge < -0.3 is 14.2 Å². The number of allylic oxidation sites excluding steroid dienone is 4. The molecule has 0 amide bonds. The molecule has 0 saturated heterocycles. The molecule has 0 aromatic heterocycles. The summed E-state index contributed by atoms with van der Waals surface area (Å²) < 4.78 is 37.3. The molecule has 1 aliphatic heterocycles. The number of carbonyl (C=O) groups is 2. The molecule has 2 aromatic rings. The average molecular weight is 605 g/mol. The highest BCUT2D eigenvalue weighted by Crippen LogP contribution is 2.47. The van der Waals surface area contributed by atoms with Crippen LogP contribution < -0.4 is 14.2 Å². The summed E-state index contributed by atoms with van der Waals surface area (Å²) in [6.45, 7) is 0. The maximum Gasteiger partial charge on any atom is 0.339 e. The number of dihydropyridines is 1. The predicted molar refractivity (Wildman–Crippen MR) is 138 cm³/mol. The fraction of sp³-hybridized carbons (Fsp3) is 0.308. The Hall–Kier alpha value is -2.66. The SMILES string of the molecule is COc1cc(C2C3=C(CCCC3=O)NC3=C2C(=O)CCC3)cc(I)c1OS(=O)(=O)c1ccccc1. The number of benzene rings is 2. The molecule has 9 heteroatoms. The van der Waals surface area contributed by atoms with Crippen molar-refractivity contribution in [2.24, 2.45) is 0 Å². The summed E-state index contributed by atoms with van der Waals surface area (Å²) in [6, 6.07) is 11.4. The number of hydrogen-bond acceptors (Lipinski definition) is 7. The van der Waals surface area contributed by atoms with Crippen molar-refractivity contribution in [1.82, 2.24) is 5.32 Å². The maximum atomic E-state index is 13.1. The van der Waals surface area contributed by atoms with E-state index < -0.39 is 16.0 Å². The van der Waals surface area contributed by atoms with Gasteiger partial charge in [-0.2, -0.15) is 8.42 Å². The van der Waals surface area contributed by atoms with Gasteiger partial charge in [0.1, 0.15) is 4.90 Å². The van der Waals surface area contributed by atoms with Gasteiger partial charge in [0, 0.05) is 41.3 Å². The fourth-order valence-electron chi connectivity index (χ4n) is 5.05. The Balaban J connectivity index is 1.62. The first-order valence-corrected chi connectivity index (χ1v) is 14.0. The smallest absolute Gasteiger partial charge is 0.339 e. The van der Waals surface area contributed by atoms with Crippen LogP contribution in [0.25, 0.3) is 0 Å².